The molecule has 0 aliphatic heterocycles. The molecule has 0 unspecified atom stereocenters. The molecule has 2 aromatic carbocycles. The second-order valence-electron chi connectivity index (χ2n) is 4.48. The first kappa shape index (κ1) is 15.9. The number of halogens is 1. The average molecular weight is 314 g/mol. The highest BCUT2D eigenvalue weighted by molar-refractivity contribution is 6.31. The molecule has 0 aromatic heterocycles. The summed E-state index contributed by atoms with van der Waals surface area (Å²) in [5.41, 5.74) is 1.80. The van der Waals surface area contributed by atoms with Gasteiger partial charge >= 0.3 is 0 Å². The fourth-order valence-corrected chi connectivity index (χ4v) is 2.11. The van der Waals surface area contributed by atoms with Crippen LogP contribution >= 0.6 is 11.6 Å². The molecule has 0 spiro atoms. The van der Waals surface area contributed by atoms with Crippen molar-refractivity contribution in [2.45, 2.75) is 13.5 Å². The molecule has 0 heterocycles. The molecule has 4 heteroatoms. The van der Waals surface area contributed by atoms with Gasteiger partial charge in [-0.05, 0) is 36.8 Å². The molecule has 0 aliphatic carbocycles. The van der Waals surface area contributed by atoms with Crippen LogP contribution < -0.4 is 9.47 Å². The normalized spacial score (nSPS) is 10.4. The Hall–Kier alpha value is -2.44. The summed E-state index contributed by atoms with van der Waals surface area (Å²) in [7, 11) is 0. The van der Waals surface area contributed by atoms with Crippen molar-refractivity contribution in [2.24, 2.45) is 0 Å². The topological polar surface area (TPSA) is 42.2 Å². The van der Waals surface area contributed by atoms with Gasteiger partial charge in [0.1, 0.15) is 6.61 Å². The summed E-state index contributed by atoms with van der Waals surface area (Å²) in [6.07, 6.45) is 3.15. The van der Waals surface area contributed by atoms with Gasteiger partial charge in [0, 0.05) is 16.7 Å². The number of hydrogen-bond donors (Lipinski definition) is 0. The largest absolute Gasteiger partial charge is 0.490 e. The maximum absolute atomic E-state index is 8.59. The minimum atomic E-state index is 0.368. The average Bonchev–Trinajstić information content (AvgIpc) is 2.53. The van der Waals surface area contributed by atoms with Gasteiger partial charge in [0.25, 0.3) is 0 Å². The van der Waals surface area contributed by atoms with Crippen LogP contribution in [0.4, 0.5) is 0 Å². The molecule has 0 saturated carbocycles. The molecule has 0 aliphatic rings. The van der Waals surface area contributed by atoms with Gasteiger partial charge in [0.05, 0.1) is 12.7 Å². The van der Waals surface area contributed by atoms with Crippen LogP contribution in [-0.2, 0) is 6.61 Å². The SMILES string of the molecule is CCOc1cc(C=CC#N)ccc1OCc1ccccc1Cl. The number of hydrogen-bond acceptors (Lipinski definition) is 3. The Bertz CT molecular complexity index is 704. The highest BCUT2D eigenvalue weighted by Gasteiger charge is 2.07. The third kappa shape index (κ3) is 4.28. The summed E-state index contributed by atoms with van der Waals surface area (Å²) < 4.78 is 11.4. The molecule has 2 rings (SSSR count). The van der Waals surface area contributed by atoms with Crippen molar-refractivity contribution in [3.8, 4) is 17.6 Å². The van der Waals surface area contributed by atoms with E-state index in [0.717, 1.165) is 11.1 Å². The Kier molecular flexibility index (Phi) is 5.88. The number of rotatable bonds is 6. The highest BCUT2D eigenvalue weighted by Crippen LogP contribution is 2.30. The van der Waals surface area contributed by atoms with Gasteiger partial charge in [0.2, 0.25) is 0 Å². The maximum atomic E-state index is 8.59. The monoisotopic (exact) mass is 313 g/mol. The van der Waals surface area contributed by atoms with Crippen LogP contribution in [0.3, 0.4) is 0 Å². The van der Waals surface area contributed by atoms with Crippen LogP contribution in [0.15, 0.2) is 48.5 Å². The van der Waals surface area contributed by atoms with Crippen LogP contribution in [0.5, 0.6) is 11.5 Å². The summed E-state index contributed by atoms with van der Waals surface area (Å²) in [6.45, 7) is 2.82. The van der Waals surface area contributed by atoms with E-state index in [4.69, 9.17) is 26.3 Å². The van der Waals surface area contributed by atoms with Crippen molar-refractivity contribution in [1.29, 1.82) is 5.26 Å². The minimum Gasteiger partial charge on any atom is -0.490 e. The smallest absolute Gasteiger partial charge is 0.161 e. The number of allylic oxidation sites excluding steroid dienone is 1. The van der Waals surface area contributed by atoms with Crippen molar-refractivity contribution in [3.05, 3.63) is 64.7 Å². The first-order valence-corrected chi connectivity index (χ1v) is 7.31. The summed E-state index contributed by atoms with van der Waals surface area (Å²) in [6, 6.07) is 15.1. The highest BCUT2D eigenvalue weighted by atomic mass is 35.5. The lowest BCUT2D eigenvalue weighted by Crippen LogP contribution is -2.00. The molecule has 0 fully saturated rings. The Morgan fingerprint density at radius 2 is 1.95 bits per heavy atom. The van der Waals surface area contributed by atoms with Crippen molar-refractivity contribution >= 4 is 17.7 Å². The maximum Gasteiger partial charge on any atom is 0.161 e. The summed E-state index contributed by atoms with van der Waals surface area (Å²) in [5, 5.41) is 9.26. The molecule has 22 heavy (non-hydrogen) atoms. The minimum absolute atomic E-state index is 0.368. The zero-order valence-corrected chi connectivity index (χ0v) is 13.0. The quantitative estimate of drug-likeness (QED) is 0.716. The van der Waals surface area contributed by atoms with Gasteiger partial charge in [-0.3, -0.25) is 0 Å². The molecular formula is C18H16ClNO2. The molecular weight excluding hydrogens is 298 g/mol. The Labute approximate surface area is 135 Å². The van der Waals surface area contributed by atoms with E-state index >= 15 is 0 Å². The Morgan fingerprint density at radius 3 is 2.68 bits per heavy atom. The van der Waals surface area contributed by atoms with Crippen molar-refractivity contribution in [3.63, 3.8) is 0 Å². The number of ether oxygens (including phenoxy) is 2. The van der Waals surface area contributed by atoms with E-state index in [9.17, 15) is 0 Å². The summed E-state index contributed by atoms with van der Waals surface area (Å²) in [5.74, 6) is 1.30. The molecule has 2 aromatic rings. The predicted molar refractivity (Wildman–Crippen MR) is 88.0 cm³/mol. The van der Waals surface area contributed by atoms with Gasteiger partial charge in [-0.1, -0.05) is 35.9 Å². The van der Waals surface area contributed by atoms with Gasteiger partial charge in [-0.15, -0.1) is 0 Å². The van der Waals surface area contributed by atoms with E-state index in [2.05, 4.69) is 0 Å². The van der Waals surface area contributed by atoms with Gasteiger partial charge in [-0.2, -0.15) is 5.26 Å². The molecule has 0 amide bonds. The summed E-state index contributed by atoms with van der Waals surface area (Å²) in [4.78, 5) is 0. The predicted octanol–water partition coefficient (Wildman–Crippen LogP) is 4.85. The standard InChI is InChI=1S/C18H16ClNO2/c1-2-21-18-12-14(6-5-11-20)9-10-17(18)22-13-15-7-3-4-8-16(15)19/h3-10,12H,2,13H2,1H3. The van der Waals surface area contributed by atoms with Crippen LogP contribution in [0.1, 0.15) is 18.1 Å². The lowest BCUT2D eigenvalue weighted by atomic mass is 10.2. The van der Waals surface area contributed by atoms with Crippen LogP contribution in [-0.4, -0.2) is 6.61 Å². The first-order valence-electron chi connectivity index (χ1n) is 6.93. The fourth-order valence-electron chi connectivity index (χ4n) is 1.92. The van der Waals surface area contributed by atoms with Gasteiger partial charge in [-0.25, -0.2) is 0 Å². The fraction of sp³-hybridized carbons (Fsp3) is 0.167. The van der Waals surface area contributed by atoms with E-state index in [1.807, 2.05) is 55.5 Å². The van der Waals surface area contributed by atoms with Crippen LogP contribution in [0, 0.1) is 11.3 Å². The van der Waals surface area contributed by atoms with Crippen molar-refractivity contribution in [1.82, 2.24) is 0 Å². The zero-order chi connectivity index (χ0) is 15.8. The van der Waals surface area contributed by atoms with E-state index in [1.165, 1.54) is 6.08 Å². The van der Waals surface area contributed by atoms with Gasteiger partial charge in [0.15, 0.2) is 11.5 Å². The van der Waals surface area contributed by atoms with E-state index in [0.29, 0.717) is 29.7 Å². The first-order chi connectivity index (χ1) is 10.7. The molecule has 0 N–H and O–H groups in total. The molecule has 0 bridgehead atoms. The summed E-state index contributed by atoms with van der Waals surface area (Å²) >= 11 is 6.12. The van der Waals surface area contributed by atoms with Crippen molar-refractivity contribution in [2.75, 3.05) is 6.61 Å². The number of nitriles is 1. The molecule has 0 saturated heterocycles. The molecule has 0 atom stereocenters. The van der Waals surface area contributed by atoms with Crippen LogP contribution in [0.2, 0.25) is 5.02 Å². The van der Waals surface area contributed by atoms with E-state index in [1.54, 1.807) is 6.08 Å². The lowest BCUT2D eigenvalue weighted by molar-refractivity contribution is 0.269. The second-order valence-corrected chi connectivity index (χ2v) is 4.89. The third-order valence-corrected chi connectivity index (χ3v) is 3.33. The van der Waals surface area contributed by atoms with Crippen LogP contribution in [0.25, 0.3) is 6.08 Å². The number of nitrogens with zero attached hydrogens (tertiary/aromatic N) is 1. The Balaban J connectivity index is 2.17. The zero-order valence-electron chi connectivity index (χ0n) is 12.3. The number of benzene rings is 2. The van der Waals surface area contributed by atoms with E-state index in [-0.39, 0.29) is 0 Å². The lowest BCUT2D eigenvalue weighted by Gasteiger charge is -2.13. The Morgan fingerprint density at radius 1 is 1.14 bits per heavy atom. The van der Waals surface area contributed by atoms with E-state index < -0.39 is 0 Å². The molecule has 112 valence electrons. The third-order valence-electron chi connectivity index (χ3n) is 2.96. The molecule has 0 radical (unpaired) electrons. The second kappa shape index (κ2) is 8.11. The van der Waals surface area contributed by atoms with Gasteiger partial charge < -0.3 is 9.47 Å². The van der Waals surface area contributed by atoms with Crippen molar-refractivity contribution < 1.29 is 9.47 Å². The molecule has 3 nitrogen and oxygen atoms in total.